The molecule has 5 rings (SSSR count). The van der Waals surface area contributed by atoms with Crippen molar-refractivity contribution in [3.05, 3.63) is 77.6 Å². The van der Waals surface area contributed by atoms with Crippen LogP contribution in [0, 0.1) is 0 Å². The maximum absolute atomic E-state index is 6.09. The van der Waals surface area contributed by atoms with Crippen molar-refractivity contribution < 1.29 is 0 Å². The first-order valence-corrected chi connectivity index (χ1v) is 9.19. The van der Waals surface area contributed by atoms with Crippen LogP contribution in [0.3, 0.4) is 0 Å². The van der Waals surface area contributed by atoms with Gasteiger partial charge in [-0.3, -0.25) is 4.98 Å². The topological polar surface area (TPSA) is 79.4 Å². The molecule has 3 aromatic heterocycles. The zero-order valence-electron chi connectivity index (χ0n) is 14.7. The standard InChI is InChI=1S/C21H15ClN6/c22-15-5-6-18-17(11-15)19-20(25-18)26-21(28-27-19)24-12-14-3-1-2-4-16(14)13-7-9-23-10-8-13/h1-11H,12H2,(H2,24,25,26,28). The number of aromatic nitrogens is 5. The number of fused-ring (bicyclic) bond motifs is 3. The van der Waals surface area contributed by atoms with E-state index in [-0.39, 0.29) is 0 Å². The highest BCUT2D eigenvalue weighted by atomic mass is 35.5. The van der Waals surface area contributed by atoms with Crippen LogP contribution >= 0.6 is 11.6 Å². The van der Waals surface area contributed by atoms with Crippen LogP contribution < -0.4 is 5.32 Å². The Morgan fingerprint density at radius 3 is 2.71 bits per heavy atom. The Morgan fingerprint density at radius 2 is 1.82 bits per heavy atom. The molecule has 0 unspecified atom stereocenters. The summed E-state index contributed by atoms with van der Waals surface area (Å²) >= 11 is 6.09. The second kappa shape index (κ2) is 6.90. The number of benzene rings is 2. The lowest BCUT2D eigenvalue weighted by molar-refractivity contribution is 0.983. The molecule has 3 heterocycles. The summed E-state index contributed by atoms with van der Waals surface area (Å²) in [6, 6.07) is 17.8. The van der Waals surface area contributed by atoms with Gasteiger partial charge in [-0.15, -0.1) is 10.2 Å². The summed E-state index contributed by atoms with van der Waals surface area (Å²) in [7, 11) is 0. The fraction of sp³-hybridized carbons (Fsp3) is 0.0476. The molecule has 136 valence electrons. The van der Waals surface area contributed by atoms with E-state index in [4.69, 9.17) is 11.6 Å². The molecule has 0 spiro atoms. The van der Waals surface area contributed by atoms with Gasteiger partial charge in [-0.05, 0) is 47.0 Å². The summed E-state index contributed by atoms with van der Waals surface area (Å²) in [4.78, 5) is 11.9. The van der Waals surface area contributed by atoms with E-state index in [2.05, 4.69) is 42.6 Å². The third-order valence-electron chi connectivity index (χ3n) is 4.62. The van der Waals surface area contributed by atoms with Gasteiger partial charge in [-0.1, -0.05) is 35.9 Å². The maximum Gasteiger partial charge on any atom is 0.245 e. The highest BCUT2D eigenvalue weighted by Gasteiger charge is 2.10. The highest BCUT2D eigenvalue weighted by molar-refractivity contribution is 6.31. The zero-order chi connectivity index (χ0) is 18.9. The average molecular weight is 387 g/mol. The Balaban J connectivity index is 1.45. The predicted octanol–water partition coefficient (Wildman–Crippen LogP) is 4.83. The van der Waals surface area contributed by atoms with Crippen molar-refractivity contribution in [3.63, 3.8) is 0 Å². The molecule has 0 atom stereocenters. The van der Waals surface area contributed by atoms with Gasteiger partial charge >= 0.3 is 0 Å². The fourth-order valence-corrected chi connectivity index (χ4v) is 3.45. The molecule has 2 N–H and O–H groups in total. The number of rotatable bonds is 4. The SMILES string of the molecule is Clc1ccc2[nH]c3nc(NCc4ccccc4-c4ccncc4)nnc3c2c1. The first-order valence-electron chi connectivity index (χ1n) is 8.82. The van der Waals surface area contributed by atoms with Gasteiger partial charge in [0.25, 0.3) is 0 Å². The lowest BCUT2D eigenvalue weighted by Gasteiger charge is -2.10. The van der Waals surface area contributed by atoms with Crippen LogP contribution in [-0.2, 0) is 6.54 Å². The van der Waals surface area contributed by atoms with Crippen molar-refractivity contribution in [3.8, 4) is 11.1 Å². The Morgan fingerprint density at radius 1 is 0.964 bits per heavy atom. The molecule has 0 saturated carbocycles. The normalized spacial score (nSPS) is 11.2. The van der Waals surface area contributed by atoms with Crippen molar-refractivity contribution in [2.45, 2.75) is 6.54 Å². The van der Waals surface area contributed by atoms with E-state index in [0.29, 0.717) is 28.7 Å². The minimum Gasteiger partial charge on any atom is -0.349 e. The Bertz CT molecular complexity index is 1280. The van der Waals surface area contributed by atoms with Gasteiger partial charge in [0.15, 0.2) is 5.65 Å². The molecule has 0 saturated heterocycles. The largest absolute Gasteiger partial charge is 0.349 e. The summed E-state index contributed by atoms with van der Waals surface area (Å²) in [5.41, 5.74) is 5.72. The minimum atomic E-state index is 0.467. The molecule has 0 aliphatic rings. The van der Waals surface area contributed by atoms with Crippen LogP contribution in [0.4, 0.5) is 5.95 Å². The third-order valence-corrected chi connectivity index (χ3v) is 4.86. The Kier molecular flexibility index (Phi) is 4.10. The Labute approximate surface area is 165 Å². The third kappa shape index (κ3) is 3.04. The summed E-state index contributed by atoms with van der Waals surface area (Å²) in [5, 5.41) is 13.4. The number of nitrogens with one attached hydrogen (secondary N) is 2. The van der Waals surface area contributed by atoms with E-state index >= 15 is 0 Å². The van der Waals surface area contributed by atoms with Gasteiger partial charge in [0.05, 0.1) is 0 Å². The van der Waals surface area contributed by atoms with Crippen molar-refractivity contribution >= 4 is 39.6 Å². The quantitative estimate of drug-likeness (QED) is 0.462. The summed E-state index contributed by atoms with van der Waals surface area (Å²) in [6.45, 7) is 0.581. The lowest BCUT2D eigenvalue weighted by atomic mass is 10.0. The van der Waals surface area contributed by atoms with Gasteiger partial charge < -0.3 is 10.3 Å². The smallest absolute Gasteiger partial charge is 0.245 e. The lowest BCUT2D eigenvalue weighted by Crippen LogP contribution is -2.05. The molecular weight excluding hydrogens is 372 g/mol. The number of H-pyrrole nitrogens is 1. The van der Waals surface area contributed by atoms with Gasteiger partial charge in [0.1, 0.15) is 5.52 Å². The van der Waals surface area contributed by atoms with Crippen LogP contribution in [0.5, 0.6) is 0 Å². The van der Waals surface area contributed by atoms with E-state index in [1.165, 1.54) is 0 Å². The van der Waals surface area contributed by atoms with Gasteiger partial charge in [-0.25, -0.2) is 0 Å². The number of anilines is 1. The molecule has 0 aliphatic heterocycles. The second-order valence-electron chi connectivity index (χ2n) is 6.39. The molecule has 0 bridgehead atoms. The highest BCUT2D eigenvalue weighted by Crippen LogP contribution is 2.26. The molecule has 0 fully saturated rings. The number of aromatic amines is 1. The Hall–Kier alpha value is -3.51. The number of pyridine rings is 1. The molecule has 28 heavy (non-hydrogen) atoms. The first-order chi connectivity index (χ1) is 13.8. The van der Waals surface area contributed by atoms with Crippen LogP contribution in [-0.4, -0.2) is 25.1 Å². The zero-order valence-corrected chi connectivity index (χ0v) is 15.5. The average Bonchev–Trinajstić information content (AvgIpc) is 3.10. The fourth-order valence-electron chi connectivity index (χ4n) is 3.28. The number of nitrogens with zero attached hydrogens (tertiary/aromatic N) is 4. The molecule has 0 aliphatic carbocycles. The van der Waals surface area contributed by atoms with E-state index in [0.717, 1.165) is 27.6 Å². The maximum atomic E-state index is 6.09. The summed E-state index contributed by atoms with van der Waals surface area (Å²) < 4.78 is 0. The number of hydrogen-bond donors (Lipinski definition) is 2. The summed E-state index contributed by atoms with van der Waals surface area (Å²) in [5.74, 6) is 0.467. The molecule has 0 radical (unpaired) electrons. The van der Waals surface area contributed by atoms with Crippen LogP contribution in [0.1, 0.15) is 5.56 Å². The molecule has 2 aromatic carbocycles. The van der Waals surface area contributed by atoms with Crippen molar-refractivity contribution in [1.82, 2.24) is 25.1 Å². The van der Waals surface area contributed by atoms with E-state index in [9.17, 15) is 0 Å². The second-order valence-corrected chi connectivity index (χ2v) is 6.83. The first kappa shape index (κ1) is 16.6. The van der Waals surface area contributed by atoms with Crippen molar-refractivity contribution in [2.75, 3.05) is 5.32 Å². The summed E-state index contributed by atoms with van der Waals surface area (Å²) in [6.07, 6.45) is 3.59. The molecule has 7 heteroatoms. The van der Waals surface area contributed by atoms with E-state index < -0.39 is 0 Å². The molecule has 0 amide bonds. The van der Waals surface area contributed by atoms with E-state index in [1.807, 2.05) is 42.5 Å². The predicted molar refractivity (Wildman–Crippen MR) is 111 cm³/mol. The monoisotopic (exact) mass is 386 g/mol. The minimum absolute atomic E-state index is 0.467. The van der Waals surface area contributed by atoms with Crippen LogP contribution in [0.15, 0.2) is 67.0 Å². The van der Waals surface area contributed by atoms with Crippen molar-refractivity contribution in [2.24, 2.45) is 0 Å². The number of hydrogen-bond acceptors (Lipinski definition) is 5. The van der Waals surface area contributed by atoms with Crippen LogP contribution in [0.2, 0.25) is 5.02 Å². The van der Waals surface area contributed by atoms with Crippen LogP contribution in [0.25, 0.3) is 33.2 Å². The van der Waals surface area contributed by atoms with Gasteiger partial charge in [-0.2, -0.15) is 4.98 Å². The van der Waals surface area contributed by atoms with Gasteiger partial charge in [0.2, 0.25) is 5.95 Å². The molecule has 6 nitrogen and oxygen atoms in total. The number of halogens is 1. The van der Waals surface area contributed by atoms with E-state index in [1.54, 1.807) is 12.4 Å². The molecular formula is C21H15ClN6. The van der Waals surface area contributed by atoms with Gasteiger partial charge in [0, 0.05) is 34.9 Å². The molecule has 5 aromatic rings. The van der Waals surface area contributed by atoms with Crippen molar-refractivity contribution in [1.29, 1.82) is 0 Å².